The highest BCUT2D eigenvalue weighted by Crippen LogP contribution is 2.30. The highest BCUT2D eigenvalue weighted by atomic mass is 79.9. The fourth-order valence-electron chi connectivity index (χ4n) is 2.43. The molecule has 0 aliphatic carbocycles. The van der Waals surface area contributed by atoms with E-state index in [1.807, 2.05) is 55.5 Å². The van der Waals surface area contributed by atoms with Gasteiger partial charge in [0.2, 0.25) is 0 Å². The minimum absolute atomic E-state index is 0.0266. The van der Waals surface area contributed by atoms with Crippen LogP contribution in [0.15, 0.2) is 75.1 Å². The zero-order chi connectivity index (χ0) is 18.5. The second kappa shape index (κ2) is 7.85. The van der Waals surface area contributed by atoms with E-state index >= 15 is 0 Å². The van der Waals surface area contributed by atoms with Gasteiger partial charge in [0.1, 0.15) is 23.2 Å². The van der Waals surface area contributed by atoms with Crippen molar-refractivity contribution in [2.45, 2.75) is 6.92 Å². The molecule has 0 spiro atoms. The van der Waals surface area contributed by atoms with Gasteiger partial charge in [-0.1, -0.05) is 52.3 Å². The van der Waals surface area contributed by atoms with Crippen LogP contribution in [0.2, 0.25) is 0 Å². The van der Waals surface area contributed by atoms with Gasteiger partial charge in [0.15, 0.2) is 0 Å². The molecule has 1 amide bonds. The minimum Gasteiger partial charge on any atom is -0.457 e. The van der Waals surface area contributed by atoms with Crippen molar-refractivity contribution in [3.63, 3.8) is 0 Å². The summed E-state index contributed by atoms with van der Waals surface area (Å²) in [5.41, 5.74) is 2.47. The first-order valence-corrected chi connectivity index (χ1v) is 8.71. The fraction of sp³-hybridized carbons (Fsp3) is 0.0476. The topological polar surface area (TPSA) is 66.0 Å². The van der Waals surface area contributed by atoms with E-state index in [4.69, 9.17) is 4.42 Å². The Bertz CT molecular complexity index is 1030. The maximum absolute atomic E-state index is 12.4. The zero-order valence-corrected chi connectivity index (χ0v) is 15.6. The molecule has 0 atom stereocenters. The summed E-state index contributed by atoms with van der Waals surface area (Å²) in [7, 11) is 0. The number of anilines is 1. The quantitative estimate of drug-likeness (QED) is 0.455. The minimum atomic E-state index is -0.472. The van der Waals surface area contributed by atoms with Gasteiger partial charge in [-0.2, -0.15) is 5.26 Å². The molecule has 128 valence electrons. The summed E-state index contributed by atoms with van der Waals surface area (Å²) in [6.07, 6.45) is 1.44. The molecule has 3 aromatic rings. The Kier molecular flexibility index (Phi) is 5.35. The molecule has 1 N–H and O–H groups in total. The number of rotatable bonds is 4. The Morgan fingerprint density at radius 2 is 1.85 bits per heavy atom. The number of carbonyl (C=O) groups excluding carboxylic acids is 1. The average Bonchev–Trinajstić information content (AvgIpc) is 3.10. The second-order valence-electron chi connectivity index (χ2n) is 5.62. The monoisotopic (exact) mass is 406 g/mol. The maximum Gasteiger partial charge on any atom is 0.266 e. The molecule has 0 saturated carbocycles. The molecule has 0 aliphatic heterocycles. The van der Waals surface area contributed by atoms with Crippen LogP contribution >= 0.6 is 15.9 Å². The molecule has 0 fully saturated rings. The molecule has 1 heterocycles. The highest BCUT2D eigenvalue weighted by Gasteiger charge is 2.13. The predicted molar refractivity (Wildman–Crippen MR) is 105 cm³/mol. The lowest BCUT2D eigenvalue weighted by Crippen LogP contribution is -2.14. The Morgan fingerprint density at radius 1 is 1.12 bits per heavy atom. The van der Waals surface area contributed by atoms with Crippen molar-refractivity contribution in [2.24, 2.45) is 0 Å². The van der Waals surface area contributed by atoms with Gasteiger partial charge in [-0.25, -0.2) is 0 Å². The third kappa shape index (κ3) is 3.93. The van der Waals surface area contributed by atoms with Crippen LogP contribution in [0.5, 0.6) is 0 Å². The molecular weight excluding hydrogens is 392 g/mol. The van der Waals surface area contributed by atoms with Crippen LogP contribution in [0, 0.1) is 18.3 Å². The number of carbonyl (C=O) groups is 1. The normalized spacial score (nSPS) is 11.0. The Hall–Kier alpha value is -3.10. The summed E-state index contributed by atoms with van der Waals surface area (Å²) >= 11 is 3.48. The number of aryl methyl sites for hydroxylation is 1. The van der Waals surface area contributed by atoms with Crippen LogP contribution in [0.3, 0.4) is 0 Å². The number of furan rings is 1. The fourth-order valence-corrected chi connectivity index (χ4v) is 2.91. The van der Waals surface area contributed by atoms with Crippen molar-refractivity contribution in [3.05, 3.63) is 82.0 Å². The Balaban J connectivity index is 1.84. The number of nitriles is 1. The van der Waals surface area contributed by atoms with Crippen LogP contribution < -0.4 is 5.32 Å². The van der Waals surface area contributed by atoms with Gasteiger partial charge >= 0.3 is 0 Å². The van der Waals surface area contributed by atoms with Crippen LogP contribution in [0.25, 0.3) is 17.4 Å². The van der Waals surface area contributed by atoms with Gasteiger partial charge in [0, 0.05) is 21.8 Å². The second-order valence-corrected chi connectivity index (χ2v) is 6.48. The van der Waals surface area contributed by atoms with E-state index in [9.17, 15) is 10.1 Å². The largest absolute Gasteiger partial charge is 0.457 e. The number of benzene rings is 2. The SMILES string of the molecule is Cc1ccccc1NC(=O)/C(C#N)=C/c1ccc(-c2ccccc2Br)o1. The van der Waals surface area contributed by atoms with Crippen molar-refractivity contribution < 1.29 is 9.21 Å². The number of hydrogen-bond donors (Lipinski definition) is 1. The first kappa shape index (κ1) is 17.7. The molecule has 2 aromatic carbocycles. The van der Waals surface area contributed by atoms with E-state index in [0.717, 1.165) is 15.6 Å². The predicted octanol–water partition coefficient (Wildman–Crippen LogP) is 5.56. The lowest BCUT2D eigenvalue weighted by Gasteiger charge is -2.06. The molecule has 0 aliphatic rings. The van der Waals surface area contributed by atoms with Crippen molar-refractivity contribution >= 4 is 33.6 Å². The molecule has 0 unspecified atom stereocenters. The number of para-hydroxylation sites is 1. The molecular formula is C21H15BrN2O2. The molecule has 3 rings (SSSR count). The number of halogens is 1. The van der Waals surface area contributed by atoms with Crippen molar-refractivity contribution in [3.8, 4) is 17.4 Å². The average molecular weight is 407 g/mol. The summed E-state index contributed by atoms with van der Waals surface area (Å²) in [6.45, 7) is 1.89. The lowest BCUT2D eigenvalue weighted by molar-refractivity contribution is -0.112. The Morgan fingerprint density at radius 3 is 2.58 bits per heavy atom. The first-order chi connectivity index (χ1) is 12.6. The molecule has 0 radical (unpaired) electrons. The smallest absolute Gasteiger partial charge is 0.266 e. The van der Waals surface area contributed by atoms with Crippen LogP contribution in [-0.4, -0.2) is 5.91 Å². The van der Waals surface area contributed by atoms with Gasteiger partial charge in [0.25, 0.3) is 5.91 Å². The molecule has 0 saturated heterocycles. The molecule has 0 bridgehead atoms. The van der Waals surface area contributed by atoms with Crippen molar-refractivity contribution in [1.29, 1.82) is 5.26 Å². The van der Waals surface area contributed by atoms with Crippen molar-refractivity contribution in [1.82, 2.24) is 0 Å². The first-order valence-electron chi connectivity index (χ1n) is 7.92. The summed E-state index contributed by atoms with van der Waals surface area (Å²) in [6, 6.07) is 20.5. The van der Waals surface area contributed by atoms with Gasteiger partial charge in [0.05, 0.1) is 0 Å². The van der Waals surface area contributed by atoms with Crippen LogP contribution in [0.4, 0.5) is 5.69 Å². The lowest BCUT2D eigenvalue weighted by atomic mass is 10.1. The summed E-state index contributed by atoms with van der Waals surface area (Å²) in [4.78, 5) is 12.4. The third-order valence-corrected chi connectivity index (χ3v) is 4.50. The number of nitrogens with zero attached hydrogens (tertiary/aromatic N) is 1. The summed E-state index contributed by atoms with van der Waals surface area (Å²) in [5, 5.41) is 12.1. The van der Waals surface area contributed by atoms with E-state index < -0.39 is 5.91 Å². The van der Waals surface area contributed by atoms with Gasteiger partial charge < -0.3 is 9.73 Å². The van der Waals surface area contributed by atoms with Crippen LogP contribution in [0.1, 0.15) is 11.3 Å². The third-order valence-electron chi connectivity index (χ3n) is 3.81. The number of hydrogen-bond acceptors (Lipinski definition) is 3. The maximum atomic E-state index is 12.4. The standard InChI is InChI=1S/C21H15BrN2O2/c1-14-6-2-5-9-19(14)24-21(25)15(13-23)12-16-10-11-20(26-16)17-7-3-4-8-18(17)22/h2-12H,1H3,(H,24,25)/b15-12+. The molecule has 5 heteroatoms. The Labute approximate surface area is 159 Å². The van der Waals surface area contributed by atoms with E-state index in [-0.39, 0.29) is 5.57 Å². The van der Waals surface area contributed by atoms with E-state index in [0.29, 0.717) is 17.2 Å². The van der Waals surface area contributed by atoms with E-state index in [1.165, 1.54) is 6.08 Å². The molecule has 4 nitrogen and oxygen atoms in total. The number of amides is 1. The van der Waals surface area contributed by atoms with E-state index in [2.05, 4.69) is 21.2 Å². The van der Waals surface area contributed by atoms with Crippen molar-refractivity contribution in [2.75, 3.05) is 5.32 Å². The van der Waals surface area contributed by atoms with Crippen LogP contribution in [-0.2, 0) is 4.79 Å². The van der Waals surface area contributed by atoms with Gasteiger partial charge in [-0.15, -0.1) is 0 Å². The van der Waals surface area contributed by atoms with E-state index in [1.54, 1.807) is 18.2 Å². The zero-order valence-electron chi connectivity index (χ0n) is 14.0. The summed E-state index contributed by atoms with van der Waals surface area (Å²) in [5.74, 6) is 0.619. The summed E-state index contributed by atoms with van der Waals surface area (Å²) < 4.78 is 6.67. The highest BCUT2D eigenvalue weighted by molar-refractivity contribution is 9.10. The van der Waals surface area contributed by atoms with Gasteiger partial charge in [-0.3, -0.25) is 4.79 Å². The molecule has 26 heavy (non-hydrogen) atoms. The molecule has 1 aromatic heterocycles. The number of nitrogens with one attached hydrogen (secondary N) is 1. The van der Waals surface area contributed by atoms with Gasteiger partial charge in [-0.05, 0) is 36.8 Å².